The van der Waals surface area contributed by atoms with Crippen molar-refractivity contribution in [3.8, 4) is 0 Å². The van der Waals surface area contributed by atoms with Crippen molar-refractivity contribution in [3.05, 3.63) is 0 Å². The zero-order valence-electron chi connectivity index (χ0n) is 20.1. The van der Waals surface area contributed by atoms with Crippen LogP contribution in [-0.2, 0) is 9.59 Å². The van der Waals surface area contributed by atoms with E-state index in [1.54, 1.807) is 0 Å². The predicted octanol–water partition coefficient (Wildman–Crippen LogP) is -2.51. The normalized spacial score (nSPS) is 11.4. The largest absolute Gasteiger partial charge is 1.00 e. The Bertz CT molecular complexity index is 384. The van der Waals surface area contributed by atoms with E-state index in [-0.39, 0.29) is 116 Å². The first-order valence-corrected chi connectivity index (χ1v) is 11.7. The van der Waals surface area contributed by atoms with Crippen molar-refractivity contribution >= 4 is 11.9 Å². The third kappa shape index (κ3) is 28.2. The van der Waals surface area contributed by atoms with Crippen LogP contribution in [0.3, 0.4) is 0 Å². The van der Waals surface area contributed by atoms with Crippen LogP contribution in [0.5, 0.6) is 0 Å². The van der Waals surface area contributed by atoms with Crippen molar-refractivity contribution in [1.82, 2.24) is 5.32 Å². The van der Waals surface area contributed by atoms with Crippen molar-refractivity contribution in [2.45, 2.75) is 129 Å². The minimum atomic E-state index is -1.24. The fraction of sp³-hybridized carbons (Fsp3) is 0.913. The van der Waals surface area contributed by atoms with Gasteiger partial charge in [-0.15, -0.1) is 0 Å². The number of unbranched alkanes of at least 4 members (excludes halogenated alkanes) is 15. The Labute approximate surface area is 270 Å². The van der Waals surface area contributed by atoms with E-state index < -0.39 is 18.0 Å². The molecular weight excluding hydrogens is 432 g/mol. The number of carboxylic acid groups (broad SMARTS) is 2. The molecule has 0 spiro atoms. The van der Waals surface area contributed by atoms with Gasteiger partial charge in [0.25, 0.3) is 0 Å². The van der Waals surface area contributed by atoms with Gasteiger partial charge in [0, 0.05) is 12.0 Å². The van der Waals surface area contributed by atoms with Gasteiger partial charge < -0.3 is 25.1 Å². The quantitative estimate of drug-likeness (QED) is 0.138. The third-order valence-electron chi connectivity index (χ3n) is 5.34. The molecule has 0 bridgehead atoms. The van der Waals surface area contributed by atoms with Crippen LogP contribution in [0.25, 0.3) is 0 Å². The molecular formula is C23H43K2NO4. The number of hydrogen-bond donors (Lipinski definition) is 1. The topological polar surface area (TPSA) is 92.3 Å². The number of nitrogens with one attached hydrogen (secondary N) is 1. The molecule has 0 aromatic carbocycles. The molecule has 0 unspecified atom stereocenters. The fourth-order valence-electron chi connectivity index (χ4n) is 3.51. The molecule has 0 amide bonds. The number of hydrogen-bond acceptors (Lipinski definition) is 5. The van der Waals surface area contributed by atoms with Gasteiger partial charge in [0.05, 0.1) is 5.97 Å². The monoisotopic (exact) mass is 475 g/mol. The summed E-state index contributed by atoms with van der Waals surface area (Å²) in [5.74, 6) is -2.46. The first-order valence-electron chi connectivity index (χ1n) is 11.7. The third-order valence-corrected chi connectivity index (χ3v) is 5.34. The van der Waals surface area contributed by atoms with Crippen LogP contribution in [0, 0.1) is 0 Å². The molecule has 5 nitrogen and oxygen atoms in total. The molecule has 0 aromatic rings. The van der Waals surface area contributed by atoms with E-state index in [9.17, 15) is 19.8 Å². The fourth-order valence-corrected chi connectivity index (χ4v) is 3.51. The number of carboxylic acids is 2. The average molecular weight is 476 g/mol. The molecule has 0 saturated carbocycles. The van der Waals surface area contributed by atoms with E-state index >= 15 is 0 Å². The first-order chi connectivity index (χ1) is 13.6. The van der Waals surface area contributed by atoms with Gasteiger partial charge in [-0.05, 0) is 25.8 Å². The van der Waals surface area contributed by atoms with Gasteiger partial charge in [0.2, 0.25) is 0 Å². The number of carbonyl (C=O) groups is 2. The van der Waals surface area contributed by atoms with Crippen LogP contribution >= 0.6 is 0 Å². The molecule has 0 fully saturated rings. The maximum absolute atomic E-state index is 10.9. The summed E-state index contributed by atoms with van der Waals surface area (Å²) in [7, 11) is 0. The summed E-state index contributed by atoms with van der Waals surface area (Å²) in [4.78, 5) is 21.3. The second-order valence-electron chi connectivity index (χ2n) is 8.04. The van der Waals surface area contributed by atoms with Crippen LogP contribution in [0.4, 0.5) is 0 Å². The Kier molecular flexibility index (Phi) is 35.8. The summed E-state index contributed by atoms with van der Waals surface area (Å²) in [5, 5.41) is 24.2. The van der Waals surface area contributed by atoms with Gasteiger partial charge in [0.1, 0.15) is 0 Å². The van der Waals surface area contributed by atoms with Crippen molar-refractivity contribution in [2.24, 2.45) is 0 Å². The number of rotatable bonds is 22. The summed E-state index contributed by atoms with van der Waals surface area (Å²) in [6.07, 6.45) is 20.6. The van der Waals surface area contributed by atoms with Crippen molar-refractivity contribution in [1.29, 1.82) is 0 Å². The second-order valence-corrected chi connectivity index (χ2v) is 8.04. The molecule has 0 rings (SSSR count). The molecule has 0 saturated heterocycles. The zero-order valence-corrected chi connectivity index (χ0v) is 26.4. The molecule has 0 radical (unpaired) electrons. The average Bonchev–Trinajstić information content (AvgIpc) is 2.66. The van der Waals surface area contributed by atoms with Gasteiger partial charge in [-0.2, -0.15) is 0 Å². The smallest absolute Gasteiger partial charge is 0.550 e. The van der Waals surface area contributed by atoms with Crippen molar-refractivity contribution in [2.75, 3.05) is 6.54 Å². The molecule has 0 heterocycles. The Morgan fingerprint density at radius 1 is 0.667 bits per heavy atom. The van der Waals surface area contributed by atoms with Crippen LogP contribution in [0.1, 0.15) is 122 Å². The molecule has 0 aliphatic heterocycles. The Hall–Kier alpha value is 2.17. The minimum absolute atomic E-state index is 0. The summed E-state index contributed by atoms with van der Waals surface area (Å²) in [6.45, 7) is 2.85. The summed E-state index contributed by atoms with van der Waals surface area (Å²) in [5.41, 5.74) is 0. The minimum Gasteiger partial charge on any atom is -0.550 e. The second kappa shape index (κ2) is 29.2. The maximum Gasteiger partial charge on any atom is 1.00 e. The Morgan fingerprint density at radius 3 is 1.37 bits per heavy atom. The number of carbonyl (C=O) groups excluding carboxylic acids is 2. The SMILES string of the molecule is CCCCCCCCCCCCCCCCCCN[C@@H](CCC(=O)[O-])C(=O)[O-].[K+].[K+]. The molecule has 0 aliphatic carbocycles. The van der Waals surface area contributed by atoms with E-state index in [2.05, 4.69) is 12.2 Å². The first kappa shape index (κ1) is 36.7. The predicted molar refractivity (Wildman–Crippen MR) is 111 cm³/mol. The molecule has 30 heavy (non-hydrogen) atoms. The molecule has 7 heteroatoms. The van der Waals surface area contributed by atoms with Crippen LogP contribution < -0.4 is 118 Å². The molecule has 166 valence electrons. The van der Waals surface area contributed by atoms with E-state index in [1.165, 1.54) is 89.9 Å². The number of aliphatic carboxylic acids is 2. The van der Waals surface area contributed by atoms with Crippen molar-refractivity contribution in [3.63, 3.8) is 0 Å². The van der Waals surface area contributed by atoms with Gasteiger partial charge in [-0.3, -0.25) is 0 Å². The van der Waals surface area contributed by atoms with Gasteiger partial charge >= 0.3 is 103 Å². The standard InChI is InChI=1S/C23H45NO4.2K/c1-2-3-4-5-6-7-8-9-10-11-12-13-14-15-16-17-20-24-21(23(27)28)18-19-22(25)26;;/h21,24H,2-20H2,1H3,(H,25,26)(H,27,28);;/q;2*+1/p-2/t21-;;/m0../s1. The summed E-state index contributed by atoms with van der Waals surface area (Å²) < 4.78 is 0. The van der Waals surface area contributed by atoms with Crippen molar-refractivity contribution < 1.29 is 123 Å². The van der Waals surface area contributed by atoms with Gasteiger partial charge in [0.15, 0.2) is 0 Å². The van der Waals surface area contributed by atoms with Crippen LogP contribution in [0.2, 0.25) is 0 Å². The zero-order chi connectivity index (χ0) is 20.9. The molecule has 1 N–H and O–H groups in total. The summed E-state index contributed by atoms with van der Waals surface area (Å²) >= 11 is 0. The molecule has 1 atom stereocenters. The van der Waals surface area contributed by atoms with Gasteiger partial charge in [-0.25, -0.2) is 0 Å². The van der Waals surface area contributed by atoms with E-state index in [0.717, 1.165) is 12.8 Å². The summed E-state index contributed by atoms with van der Waals surface area (Å²) in [6, 6.07) is -0.894. The molecule has 0 aliphatic rings. The van der Waals surface area contributed by atoms with Gasteiger partial charge in [-0.1, -0.05) is 103 Å². The molecule has 0 aromatic heterocycles. The van der Waals surface area contributed by atoms with E-state index in [0.29, 0.717) is 6.54 Å². The van der Waals surface area contributed by atoms with Crippen LogP contribution in [-0.4, -0.2) is 24.5 Å². The van der Waals surface area contributed by atoms with E-state index in [1.807, 2.05) is 0 Å². The maximum atomic E-state index is 10.9. The van der Waals surface area contributed by atoms with E-state index in [4.69, 9.17) is 0 Å². The Morgan fingerprint density at radius 2 is 1.03 bits per heavy atom. The van der Waals surface area contributed by atoms with Crippen LogP contribution in [0.15, 0.2) is 0 Å². The Balaban J connectivity index is -0.00000364.